The van der Waals surface area contributed by atoms with Crippen LogP contribution in [0.2, 0.25) is 0 Å². The average Bonchev–Trinajstić information content (AvgIpc) is 2.42. The topological polar surface area (TPSA) is 85.1 Å². The molecular formula is C13H10BrN3O3. The number of carbonyl (C=O) groups is 1. The number of nitrogens with one attached hydrogen (secondary N) is 1. The molecule has 1 heterocycles. The molecule has 0 aliphatic rings. The van der Waals surface area contributed by atoms with E-state index >= 15 is 0 Å². The molecule has 1 aromatic heterocycles. The lowest BCUT2D eigenvalue weighted by molar-refractivity contribution is -0.384. The van der Waals surface area contributed by atoms with Crippen molar-refractivity contribution in [1.82, 2.24) is 4.98 Å². The Balaban J connectivity index is 2.01. The van der Waals surface area contributed by atoms with Gasteiger partial charge in [0.1, 0.15) is 5.82 Å². The smallest absolute Gasteiger partial charge is 0.269 e. The highest BCUT2D eigenvalue weighted by molar-refractivity contribution is 9.10. The molecule has 0 aliphatic heterocycles. The largest absolute Gasteiger partial charge is 0.309 e. The summed E-state index contributed by atoms with van der Waals surface area (Å²) in [6.45, 7) is 0. The van der Waals surface area contributed by atoms with E-state index in [4.69, 9.17) is 0 Å². The van der Waals surface area contributed by atoms with Crippen LogP contribution in [0.3, 0.4) is 0 Å². The van der Waals surface area contributed by atoms with Crippen LogP contribution in [0.15, 0.2) is 47.1 Å². The van der Waals surface area contributed by atoms with Crippen molar-refractivity contribution in [1.29, 1.82) is 0 Å². The summed E-state index contributed by atoms with van der Waals surface area (Å²) >= 11 is 3.28. The van der Waals surface area contributed by atoms with Crippen LogP contribution in [0.5, 0.6) is 0 Å². The molecule has 2 rings (SSSR count). The van der Waals surface area contributed by atoms with Crippen molar-refractivity contribution in [2.75, 3.05) is 5.32 Å². The van der Waals surface area contributed by atoms with E-state index in [1.54, 1.807) is 30.5 Å². The molecule has 0 fully saturated rings. The van der Waals surface area contributed by atoms with Gasteiger partial charge in [0.15, 0.2) is 0 Å². The van der Waals surface area contributed by atoms with E-state index in [0.717, 1.165) is 0 Å². The van der Waals surface area contributed by atoms with Crippen molar-refractivity contribution >= 4 is 33.3 Å². The van der Waals surface area contributed by atoms with Gasteiger partial charge in [-0.2, -0.15) is 0 Å². The number of hydrogen-bond donors (Lipinski definition) is 1. The van der Waals surface area contributed by atoms with E-state index in [-0.39, 0.29) is 18.0 Å². The first kappa shape index (κ1) is 14.1. The number of benzene rings is 1. The molecule has 0 spiro atoms. The van der Waals surface area contributed by atoms with Crippen LogP contribution in [0.1, 0.15) is 5.56 Å². The summed E-state index contributed by atoms with van der Waals surface area (Å²) in [4.78, 5) is 25.9. The molecule has 0 saturated heterocycles. The van der Waals surface area contributed by atoms with Gasteiger partial charge in [0, 0.05) is 18.3 Å². The summed E-state index contributed by atoms with van der Waals surface area (Å²) < 4.78 is 0.692. The lowest BCUT2D eigenvalue weighted by atomic mass is 10.1. The molecule has 0 bridgehead atoms. The number of carbonyl (C=O) groups excluding carboxylic acids is 1. The Hall–Kier alpha value is -2.28. The second kappa shape index (κ2) is 6.25. The molecule has 1 N–H and O–H groups in total. The van der Waals surface area contributed by atoms with E-state index in [0.29, 0.717) is 15.9 Å². The zero-order valence-electron chi connectivity index (χ0n) is 10.2. The van der Waals surface area contributed by atoms with Crippen molar-refractivity contribution in [3.63, 3.8) is 0 Å². The minimum atomic E-state index is -0.477. The molecule has 0 radical (unpaired) electrons. The van der Waals surface area contributed by atoms with Gasteiger partial charge >= 0.3 is 0 Å². The summed E-state index contributed by atoms with van der Waals surface area (Å²) in [6, 6.07) is 9.39. The lowest BCUT2D eigenvalue weighted by Crippen LogP contribution is -2.15. The Morgan fingerprint density at radius 1 is 1.30 bits per heavy atom. The van der Waals surface area contributed by atoms with E-state index in [9.17, 15) is 14.9 Å². The molecule has 0 aliphatic carbocycles. The number of nitrogens with zero attached hydrogens (tertiary/aromatic N) is 2. The number of rotatable bonds is 4. The molecule has 6 nitrogen and oxygen atoms in total. The Kier molecular flexibility index (Phi) is 4.41. The number of nitro benzene ring substituents is 1. The summed E-state index contributed by atoms with van der Waals surface area (Å²) in [5, 5.41) is 13.2. The fraction of sp³-hybridized carbons (Fsp3) is 0.0769. The third kappa shape index (κ3) is 3.61. The van der Waals surface area contributed by atoms with Gasteiger partial charge in [-0.25, -0.2) is 4.98 Å². The number of non-ortho nitro benzene ring substituents is 1. The number of anilines is 1. The number of halogens is 1. The number of pyridine rings is 1. The second-order valence-corrected chi connectivity index (χ2v) is 4.84. The van der Waals surface area contributed by atoms with E-state index in [1.807, 2.05) is 0 Å². The van der Waals surface area contributed by atoms with Crippen LogP contribution >= 0.6 is 15.9 Å². The van der Waals surface area contributed by atoms with E-state index < -0.39 is 4.92 Å². The first-order valence-electron chi connectivity index (χ1n) is 5.70. The van der Waals surface area contributed by atoms with Crippen molar-refractivity contribution in [2.24, 2.45) is 0 Å². The van der Waals surface area contributed by atoms with Gasteiger partial charge in [0.05, 0.1) is 15.8 Å². The fourth-order valence-electron chi connectivity index (χ4n) is 1.57. The first-order valence-corrected chi connectivity index (χ1v) is 6.49. The molecule has 1 amide bonds. The molecule has 102 valence electrons. The third-order valence-corrected chi connectivity index (χ3v) is 3.17. The summed E-state index contributed by atoms with van der Waals surface area (Å²) in [7, 11) is 0. The number of hydrogen-bond acceptors (Lipinski definition) is 4. The van der Waals surface area contributed by atoms with E-state index in [2.05, 4.69) is 26.2 Å². The highest BCUT2D eigenvalue weighted by atomic mass is 79.9. The molecular weight excluding hydrogens is 326 g/mol. The predicted molar refractivity (Wildman–Crippen MR) is 77.4 cm³/mol. The highest BCUT2D eigenvalue weighted by Gasteiger charge is 2.09. The molecule has 1 aromatic carbocycles. The molecule has 2 aromatic rings. The molecule has 7 heteroatoms. The summed E-state index contributed by atoms with van der Waals surface area (Å²) in [5.41, 5.74) is 0.696. The van der Waals surface area contributed by atoms with Gasteiger partial charge in [-0.1, -0.05) is 12.1 Å². The third-order valence-electron chi connectivity index (χ3n) is 2.53. The standard InChI is InChI=1S/C13H10BrN3O3/c14-11-2-1-7-15-13(11)16-12(18)8-9-3-5-10(6-4-9)17(19)20/h1-7H,8H2,(H,15,16,18). The molecule has 0 atom stereocenters. The molecule has 0 unspecified atom stereocenters. The normalized spacial score (nSPS) is 10.1. The monoisotopic (exact) mass is 335 g/mol. The van der Waals surface area contributed by atoms with E-state index in [1.165, 1.54) is 12.1 Å². The van der Waals surface area contributed by atoms with Crippen molar-refractivity contribution < 1.29 is 9.72 Å². The maximum atomic E-state index is 11.8. The SMILES string of the molecule is O=C(Cc1ccc([N+](=O)[O-])cc1)Nc1ncccc1Br. The molecule has 0 saturated carbocycles. The van der Waals surface area contributed by atoms with Gasteiger partial charge in [-0.3, -0.25) is 14.9 Å². The molecule has 20 heavy (non-hydrogen) atoms. The fourth-order valence-corrected chi connectivity index (χ4v) is 1.93. The Morgan fingerprint density at radius 3 is 2.60 bits per heavy atom. The second-order valence-electron chi connectivity index (χ2n) is 3.98. The lowest BCUT2D eigenvalue weighted by Gasteiger charge is -2.06. The van der Waals surface area contributed by atoms with Crippen LogP contribution in [0.25, 0.3) is 0 Å². The number of aromatic nitrogens is 1. The van der Waals surface area contributed by atoms with Crippen molar-refractivity contribution in [3.8, 4) is 0 Å². The maximum Gasteiger partial charge on any atom is 0.269 e. The average molecular weight is 336 g/mol. The number of amides is 1. The predicted octanol–water partition coefficient (Wildman–Crippen LogP) is 2.93. The zero-order valence-corrected chi connectivity index (χ0v) is 11.8. The zero-order chi connectivity index (χ0) is 14.5. The van der Waals surface area contributed by atoms with Crippen LogP contribution in [-0.2, 0) is 11.2 Å². The number of nitro groups is 1. The highest BCUT2D eigenvalue weighted by Crippen LogP contribution is 2.18. The van der Waals surface area contributed by atoms with Gasteiger partial charge < -0.3 is 5.32 Å². The van der Waals surface area contributed by atoms with Crippen LogP contribution < -0.4 is 5.32 Å². The van der Waals surface area contributed by atoms with Gasteiger partial charge in [0.2, 0.25) is 5.91 Å². The van der Waals surface area contributed by atoms with Crippen LogP contribution in [-0.4, -0.2) is 15.8 Å². The quantitative estimate of drug-likeness (QED) is 0.687. The maximum absolute atomic E-state index is 11.8. The van der Waals surface area contributed by atoms with Crippen LogP contribution in [0.4, 0.5) is 11.5 Å². The van der Waals surface area contributed by atoms with Gasteiger partial charge in [0.25, 0.3) is 5.69 Å². The van der Waals surface area contributed by atoms with Crippen molar-refractivity contribution in [2.45, 2.75) is 6.42 Å². The summed E-state index contributed by atoms with van der Waals surface area (Å²) in [6.07, 6.45) is 1.70. The van der Waals surface area contributed by atoms with Gasteiger partial charge in [-0.05, 0) is 33.6 Å². The Labute approximate surface area is 123 Å². The van der Waals surface area contributed by atoms with Gasteiger partial charge in [-0.15, -0.1) is 0 Å². The Bertz CT molecular complexity index is 644. The summed E-state index contributed by atoms with van der Waals surface area (Å²) in [5.74, 6) is 0.206. The Morgan fingerprint density at radius 2 is 2.00 bits per heavy atom. The van der Waals surface area contributed by atoms with Crippen LogP contribution in [0, 0.1) is 10.1 Å². The minimum absolute atomic E-state index is 0.00151. The minimum Gasteiger partial charge on any atom is -0.309 e. The first-order chi connectivity index (χ1) is 9.56. The van der Waals surface area contributed by atoms with Crippen molar-refractivity contribution in [3.05, 3.63) is 62.7 Å².